The molecule has 0 radical (unpaired) electrons. The molecule has 2 atom stereocenters. The number of primary amides is 1. The first-order chi connectivity index (χ1) is 12.4. The molecule has 0 aromatic heterocycles. The van der Waals surface area contributed by atoms with E-state index in [0.717, 1.165) is 5.56 Å². The van der Waals surface area contributed by atoms with Crippen LogP contribution >= 0.6 is 0 Å². The van der Waals surface area contributed by atoms with Gasteiger partial charge >= 0.3 is 5.97 Å². The summed E-state index contributed by atoms with van der Waals surface area (Å²) in [4.78, 5) is 38.1. The van der Waals surface area contributed by atoms with Crippen LogP contribution in [-0.2, 0) is 9.53 Å². The van der Waals surface area contributed by atoms with Gasteiger partial charge in [-0.1, -0.05) is 18.2 Å². The third-order valence-electron chi connectivity index (χ3n) is 4.70. The number of fused-ring (bicyclic) bond motifs is 1. The van der Waals surface area contributed by atoms with Gasteiger partial charge in [-0.15, -0.1) is 0 Å². The average Bonchev–Trinajstić information content (AvgIpc) is 2.66. The lowest BCUT2D eigenvalue weighted by molar-refractivity contribution is -0.119. The fraction of sp³-hybridized carbons (Fsp3) is 0.250. The largest absolute Gasteiger partial charge is 0.465 e. The maximum absolute atomic E-state index is 13.1. The lowest BCUT2D eigenvalue weighted by atomic mass is 9.85. The van der Waals surface area contributed by atoms with E-state index in [1.165, 1.54) is 7.11 Å². The Hall–Kier alpha value is -3.15. The van der Waals surface area contributed by atoms with E-state index in [2.05, 4.69) is 4.74 Å². The molecule has 26 heavy (non-hydrogen) atoms. The summed E-state index contributed by atoms with van der Waals surface area (Å²) in [5, 5.41) is 0. The summed E-state index contributed by atoms with van der Waals surface area (Å²) < 4.78 is 4.67. The van der Waals surface area contributed by atoms with Crippen LogP contribution in [0, 0.1) is 0 Å². The number of benzene rings is 2. The van der Waals surface area contributed by atoms with E-state index in [-0.39, 0.29) is 17.9 Å². The van der Waals surface area contributed by atoms with Crippen LogP contribution in [0.1, 0.15) is 45.5 Å². The molecule has 0 aliphatic carbocycles. The Morgan fingerprint density at radius 1 is 1.04 bits per heavy atom. The zero-order chi connectivity index (χ0) is 18.8. The zero-order valence-corrected chi connectivity index (χ0v) is 14.6. The summed E-state index contributed by atoms with van der Waals surface area (Å²) in [6.45, 7) is 1.90. The second-order valence-electron chi connectivity index (χ2n) is 6.34. The van der Waals surface area contributed by atoms with Crippen molar-refractivity contribution in [1.82, 2.24) is 0 Å². The van der Waals surface area contributed by atoms with Gasteiger partial charge in [0.05, 0.1) is 18.6 Å². The first-order valence-electron chi connectivity index (χ1n) is 8.34. The number of rotatable bonds is 3. The molecule has 0 fully saturated rings. The minimum atomic E-state index is -0.454. The van der Waals surface area contributed by atoms with E-state index >= 15 is 0 Å². The number of amides is 2. The molecule has 0 unspecified atom stereocenters. The van der Waals surface area contributed by atoms with Crippen molar-refractivity contribution in [1.29, 1.82) is 0 Å². The molecule has 0 saturated heterocycles. The summed E-state index contributed by atoms with van der Waals surface area (Å²) >= 11 is 0. The molecule has 1 aliphatic rings. The summed E-state index contributed by atoms with van der Waals surface area (Å²) in [5.74, 6) is -1.44. The second-order valence-corrected chi connectivity index (χ2v) is 6.34. The van der Waals surface area contributed by atoms with Gasteiger partial charge in [0, 0.05) is 17.3 Å². The van der Waals surface area contributed by atoms with Gasteiger partial charge in [0.15, 0.2) is 0 Å². The van der Waals surface area contributed by atoms with Gasteiger partial charge in [0.25, 0.3) is 5.91 Å². The number of hydrogen-bond donors (Lipinski definition) is 1. The minimum absolute atomic E-state index is 0.185. The number of nitrogens with zero attached hydrogens (tertiary/aromatic N) is 1. The maximum atomic E-state index is 13.1. The molecule has 2 aromatic rings. The van der Waals surface area contributed by atoms with Crippen LogP contribution in [0.3, 0.4) is 0 Å². The summed E-state index contributed by atoms with van der Waals surface area (Å²) in [6, 6.07) is 13.5. The van der Waals surface area contributed by atoms with Gasteiger partial charge < -0.3 is 15.4 Å². The Kier molecular flexibility index (Phi) is 4.75. The van der Waals surface area contributed by atoms with Gasteiger partial charge in [-0.05, 0) is 49.2 Å². The third-order valence-corrected chi connectivity index (χ3v) is 4.70. The Morgan fingerprint density at radius 2 is 1.65 bits per heavy atom. The molecular weight excluding hydrogens is 332 g/mol. The van der Waals surface area contributed by atoms with Crippen molar-refractivity contribution >= 4 is 23.5 Å². The Labute approximate surface area is 151 Å². The van der Waals surface area contributed by atoms with Crippen LogP contribution in [0.4, 0.5) is 5.69 Å². The number of anilines is 1. The summed E-state index contributed by atoms with van der Waals surface area (Å²) in [5.41, 5.74) is 7.84. The molecule has 0 spiro atoms. The number of carbonyl (C=O) groups excluding carboxylic acids is 3. The molecule has 1 aliphatic heterocycles. The van der Waals surface area contributed by atoms with E-state index in [4.69, 9.17) is 5.73 Å². The first-order valence-corrected chi connectivity index (χ1v) is 8.34. The van der Waals surface area contributed by atoms with E-state index < -0.39 is 11.9 Å². The lowest BCUT2D eigenvalue weighted by Crippen LogP contribution is -2.45. The Bertz CT molecular complexity index is 860. The topological polar surface area (TPSA) is 89.7 Å². The van der Waals surface area contributed by atoms with E-state index in [1.54, 1.807) is 29.2 Å². The highest BCUT2D eigenvalue weighted by molar-refractivity contribution is 6.08. The second kappa shape index (κ2) is 7.00. The predicted octanol–water partition coefficient (Wildman–Crippen LogP) is 2.48. The Balaban J connectivity index is 1.97. The number of carbonyl (C=O) groups is 3. The highest BCUT2D eigenvalue weighted by Crippen LogP contribution is 2.38. The molecule has 134 valence electrons. The highest BCUT2D eigenvalue weighted by atomic mass is 16.5. The average molecular weight is 352 g/mol. The van der Waals surface area contributed by atoms with Crippen LogP contribution in [0.2, 0.25) is 0 Å². The SMILES string of the molecule is COC(=O)c1ccc(C(=O)N2c3ccccc3[C@@H](C(N)=O)C[C@@H]2C)cc1. The molecule has 6 nitrogen and oxygen atoms in total. The van der Waals surface area contributed by atoms with Crippen molar-refractivity contribution < 1.29 is 19.1 Å². The normalized spacial score (nSPS) is 18.8. The smallest absolute Gasteiger partial charge is 0.337 e. The molecule has 2 aromatic carbocycles. The Morgan fingerprint density at radius 3 is 2.27 bits per heavy atom. The predicted molar refractivity (Wildman–Crippen MR) is 97.0 cm³/mol. The number of para-hydroxylation sites is 1. The molecule has 0 saturated carbocycles. The fourth-order valence-electron chi connectivity index (χ4n) is 3.40. The van der Waals surface area contributed by atoms with Crippen molar-refractivity contribution in [2.24, 2.45) is 5.73 Å². The fourth-order valence-corrected chi connectivity index (χ4v) is 3.40. The number of ether oxygens (including phenoxy) is 1. The molecule has 2 N–H and O–H groups in total. The molecule has 6 heteroatoms. The molecule has 1 heterocycles. The maximum Gasteiger partial charge on any atom is 0.337 e. The molecule has 3 rings (SSSR count). The van der Waals surface area contributed by atoms with Gasteiger partial charge in [-0.25, -0.2) is 4.79 Å². The lowest BCUT2D eigenvalue weighted by Gasteiger charge is -2.38. The summed E-state index contributed by atoms with van der Waals surface area (Å²) in [7, 11) is 1.31. The quantitative estimate of drug-likeness (QED) is 0.860. The van der Waals surface area contributed by atoms with E-state index in [1.807, 2.05) is 31.2 Å². The van der Waals surface area contributed by atoms with Crippen molar-refractivity contribution in [2.45, 2.75) is 25.3 Å². The van der Waals surface area contributed by atoms with E-state index in [9.17, 15) is 14.4 Å². The molecular formula is C20H20N2O4. The van der Waals surface area contributed by atoms with Crippen molar-refractivity contribution in [3.8, 4) is 0 Å². The van der Waals surface area contributed by atoms with Gasteiger partial charge in [-0.2, -0.15) is 0 Å². The van der Waals surface area contributed by atoms with Crippen molar-refractivity contribution in [2.75, 3.05) is 12.0 Å². The standard InChI is InChI=1S/C20H20N2O4/c1-12-11-16(18(21)23)15-5-3-4-6-17(15)22(12)19(24)13-7-9-14(10-8-13)20(25)26-2/h3-10,12,16H,11H2,1-2H3,(H2,21,23)/t12-,16-/m0/s1. The third kappa shape index (κ3) is 3.06. The van der Waals surface area contributed by atoms with Crippen molar-refractivity contribution in [3.05, 3.63) is 65.2 Å². The number of nitrogens with two attached hydrogens (primary N) is 1. The molecule has 2 amide bonds. The minimum Gasteiger partial charge on any atom is -0.465 e. The van der Waals surface area contributed by atoms with E-state index in [0.29, 0.717) is 23.2 Å². The summed E-state index contributed by atoms with van der Waals surface area (Å²) in [6.07, 6.45) is 0.471. The first kappa shape index (κ1) is 17.7. The van der Waals surface area contributed by atoms with Crippen LogP contribution in [0.5, 0.6) is 0 Å². The monoisotopic (exact) mass is 352 g/mol. The van der Waals surface area contributed by atoms with Crippen LogP contribution in [0.25, 0.3) is 0 Å². The highest BCUT2D eigenvalue weighted by Gasteiger charge is 2.36. The van der Waals surface area contributed by atoms with Crippen LogP contribution in [-0.4, -0.2) is 30.9 Å². The van der Waals surface area contributed by atoms with Crippen LogP contribution in [0.15, 0.2) is 48.5 Å². The number of methoxy groups -OCH3 is 1. The van der Waals surface area contributed by atoms with Crippen molar-refractivity contribution in [3.63, 3.8) is 0 Å². The van der Waals surface area contributed by atoms with Gasteiger partial charge in [0.2, 0.25) is 5.91 Å². The zero-order valence-electron chi connectivity index (χ0n) is 14.6. The number of hydrogen-bond acceptors (Lipinski definition) is 4. The van der Waals surface area contributed by atoms with Gasteiger partial charge in [-0.3, -0.25) is 9.59 Å². The number of esters is 1. The molecule has 0 bridgehead atoms. The van der Waals surface area contributed by atoms with Gasteiger partial charge in [0.1, 0.15) is 0 Å². The van der Waals surface area contributed by atoms with Crippen LogP contribution < -0.4 is 10.6 Å².